The van der Waals surface area contributed by atoms with Gasteiger partial charge >= 0.3 is 0 Å². The normalized spacial score (nSPS) is 18.8. The average molecular weight is 329 g/mol. The number of rotatable bonds is 6. The van der Waals surface area contributed by atoms with Crippen LogP contribution in [0.5, 0.6) is 0 Å². The molecule has 0 saturated carbocycles. The molecular weight excluding hydrogens is 302 g/mol. The van der Waals surface area contributed by atoms with E-state index in [-0.39, 0.29) is 12.0 Å². The van der Waals surface area contributed by atoms with Gasteiger partial charge < -0.3 is 15.0 Å². The summed E-state index contributed by atoms with van der Waals surface area (Å²) in [4.78, 5) is 18.0. The maximum absolute atomic E-state index is 12.3. The average Bonchev–Trinajstić information content (AvgIpc) is 2.91. The Kier molecular flexibility index (Phi) is 5.53. The second-order valence-corrected chi connectivity index (χ2v) is 6.48. The summed E-state index contributed by atoms with van der Waals surface area (Å²) in [6.07, 6.45) is 1.52. The highest BCUT2D eigenvalue weighted by Crippen LogP contribution is 2.22. The lowest BCUT2D eigenvalue weighted by Crippen LogP contribution is -2.43. The Labute approximate surface area is 143 Å². The fourth-order valence-corrected chi connectivity index (χ4v) is 3.40. The number of carbonyl (C=O) groups is 1. The predicted octanol–water partition coefficient (Wildman–Crippen LogP) is 2.25. The number of fused-ring (bicyclic) bond motifs is 1. The van der Waals surface area contributed by atoms with Crippen molar-refractivity contribution in [2.24, 2.45) is 0 Å². The van der Waals surface area contributed by atoms with Gasteiger partial charge in [-0.2, -0.15) is 0 Å². The third-order valence-electron chi connectivity index (χ3n) is 4.82. The molecule has 3 rings (SSSR count). The standard InChI is InChI=1S/C19H27N3O2/c1-3-22-10-11-24-15(13-22)8-9-20-19(23)12-17-14(2)21-18-7-5-4-6-16(17)18/h4-7,15,21H,3,8-13H2,1-2H3,(H,20,23). The first-order chi connectivity index (χ1) is 11.7. The number of aryl methyl sites for hydroxylation is 1. The van der Waals surface area contributed by atoms with Crippen molar-refractivity contribution in [3.8, 4) is 0 Å². The number of aromatic amines is 1. The number of hydrogen-bond acceptors (Lipinski definition) is 3. The number of morpholine rings is 1. The molecule has 130 valence electrons. The van der Waals surface area contributed by atoms with Gasteiger partial charge in [-0.15, -0.1) is 0 Å². The van der Waals surface area contributed by atoms with Crippen LogP contribution in [0.2, 0.25) is 0 Å². The van der Waals surface area contributed by atoms with Crippen molar-refractivity contribution >= 4 is 16.8 Å². The van der Waals surface area contributed by atoms with Gasteiger partial charge in [-0.05, 0) is 31.5 Å². The molecule has 0 radical (unpaired) electrons. The van der Waals surface area contributed by atoms with Crippen LogP contribution in [0.4, 0.5) is 0 Å². The lowest BCUT2D eigenvalue weighted by Gasteiger charge is -2.32. The molecule has 1 aromatic carbocycles. The molecule has 1 aromatic heterocycles. The number of nitrogens with one attached hydrogen (secondary N) is 2. The summed E-state index contributed by atoms with van der Waals surface area (Å²) in [7, 11) is 0. The highest BCUT2D eigenvalue weighted by molar-refractivity contribution is 5.90. The van der Waals surface area contributed by atoms with Crippen LogP contribution in [-0.2, 0) is 16.0 Å². The molecule has 5 heteroatoms. The maximum Gasteiger partial charge on any atom is 0.224 e. The van der Waals surface area contributed by atoms with Crippen LogP contribution in [0.25, 0.3) is 10.9 Å². The minimum atomic E-state index is 0.0750. The van der Waals surface area contributed by atoms with Gasteiger partial charge in [0.2, 0.25) is 5.91 Å². The summed E-state index contributed by atoms with van der Waals surface area (Å²) in [5.74, 6) is 0.0750. The Morgan fingerprint density at radius 2 is 2.25 bits per heavy atom. The molecule has 1 unspecified atom stereocenters. The van der Waals surface area contributed by atoms with Crippen LogP contribution < -0.4 is 5.32 Å². The van der Waals surface area contributed by atoms with E-state index >= 15 is 0 Å². The maximum atomic E-state index is 12.3. The van der Waals surface area contributed by atoms with Crippen LogP contribution in [0.15, 0.2) is 24.3 Å². The van der Waals surface area contributed by atoms with Gasteiger partial charge in [-0.1, -0.05) is 25.1 Å². The molecule has 1 aliphatic rings. The van der Waals surface area contributed by atoms with Crippen molar-refractivity contribution < 1.29 is 9.53 Å². The van der Waals surface area contributed by atoms with E-state index in [1.165, 1.54) is 0 Å². The molecule has 2 N–H and O–H groups in total. The SMILES string of the molecule is CCN1CCOC(CCNC(=O)Cc2c(C)[nH]c3ccccc23)C1. The van der Waals surface area contributed by atoms with Gasteiger partial charge in [0.1, 0.15) is 0 Å². The van der Waals surface area contributed by atoms with E-state index in [1.54, 1.807) is 0 Å². The van der Waals surface area contributed by atoms with Crippen LogP contribution in [-0.4, -0.2) is 54.7 Å². The molecule has 0 spiro atoms. The minimum Gasteiger partial charge on any atom is -0.375 e. The fourth-order valence-electron chi connectivity index (χ4n) is 3.40. The van der Waals surface area contributed by atoms with Crippen LogP contribution >= 0.6 is 0 Å². The Hall–Kier alpha value is -1.85. The van der Waals surface area contributed by atoms with Crippen molar-refractivity contribution in [1.82, 2.24) is 15.2 Å². The number of benzene rings is 1. The van der Waals surface area contributed by atoms with Gasteiger partial charge in [0, 0.05) is 36.2 Å². The van der Waals surface area contributed by atoms with Gasteiger partial charge in [0.05, 0.1) is 19.1 Å². The number of likely N-dealkylation sites (N-methyl/N-ethyl adjacent to an activating group) is 1. The van der Waals surface area contributed by atoms with Crippen LogP contribution in [0.3, 0.4) is 0 Å². The lowest BCUT2D eigenvalue weighted by atomic mass is 10.1. The second-order valence-electron chi connectivity index (χ2n) is 6.48. The molecule has 5 nitrogen and oxygen atoms in total. The largest absolute Gasteiger partial charge is 0.375 e. The van der Waals surface area contributed by atoms with E-state index in [2.05, 4.69) is 28.2 Å². The number of amides is 1. The second kappa shape index (κ2) is 7.81. The van der Waals surface area contributed by atoms with E-state index in [4.69, 9.17) is 4.74 Å². The minimum absolute atomic E-state index is 0.0750. The number of para-hydroxylation sites is 1. The quantitative estimate of drug-likeness (QED) is 0.854. The molecule has 1 amide bonds. The Bertz CT molecular complexity index is 695. The van der Waals surface area contributed by atoms with E-state index in [0.717, 1.165) is 54.8 Å². The molecular formula is C19H27N3O2. The first kappa shape index (κ1) is 17.0. The molecule has 1 atom stereocenters. The van der Waals surface area contributed by atoms with Crippen molar-refractivity contribution in [2.75, 3.05) is 32.8 Å². The zero-order chi connectivity index (χ0) is 16.9. The smallest absolute Gasteiger partial charge is 0.224 e. The summed E-state index contributed by atoms with van der Waals surface area (Å²) >= 11 is 0. The molecule has 1 saturated heterocycles. The van der Waals surface area contributed by atoms with Gasteiger partial charge in [-0.25, -0.2) is 0 Å². The van der Waals surface area contributed by atoms with Crippen molar-refractivity contribution in [2.45, 2.75) is 32.8 Å². The summed E-state index contributed by atoms with van der Waals surface area (Å²) in [5.41, 5.74) is 3.25. The zero-order valence-electron chi connectivity index (χ0n) is 14.6. The molecule has 1 aliphatic heterocycles. The highest BCUT2D eigenvalue weighted by Gasteiger charge is 2.19. The first-order valence-corrected chi connectivity index (χ1v) is 8.84. The van der Waals surface area contributed by atoms with E-state index in [0.29, 0.717) is 13.0 Å². The van der Waals surface area contributed by atoms with Crippen molar-refractivity contribution in [3.63, 3.8) is 0 Å². The Morgan fingerprint density at radius 3 is 3.08 bits per heavy atom. The van der Waals surface area contributed by atoms with Crippen LogP contribution in [0, 0.1) is 6.92 Å². The molecule has 2 heterocycles. The fraction of sp³-hybridized carbons (Fsp3) is 0.526. The Morgan fingerprint density at radius 1 is 1.42 bits per heavy atom. The summed E-state index contributed by atoms with van der Waals surface area (Å²) in [6.45, 7) is 8.70. The molecule has 24 heavy (non-hydrogen) atoms. The molecule has 1 fully saturated rings. The molecule has 0 aliphatic carbocycles. The topological polar surface area (TPSA) is 57.4 Å². The molecule has 0 bridgehead atoms. The van der Waals surface area contributed by atoms with Crippen LogP contribution in [0.1, 0.15) is 24.6 Å². The number of hydrogen-bond donors (Lipinski definition) is 2. The van der Waals surface area contributed by atoms with Gasteiger partial charge in [0.15, 0.2) is 0 Å². The summed E-state index contributed by atoms with van der Waals surface area (Å²) in [6, 6.07) is 8.13. The van der Waals surface area contributed by atoms with Crippen molar-refractivity contribution in [1.29, 1.82) is 0 Å². The highest BCUT2D eigenvalue weighted by atomic mass is 16.5. The zero-order valence-corrected chi connectivity index (χ0v) is 14.6. The third-order valence-corrected chi connectivity index (χ3v) is 4.82. The summed E-state index contributed by atoms with van der Waals surface area (Å²) < 4.78 is 5.78. The van der Waals surface area contributed by atoms with E-state index in [1.807, 2.05) is 25.1 Å². The number of carbonyl (C=O) groups excluding carboxylic acids is 1. The molecule has 2 aromatic rings. The summed E-state index contributed by atoms with van der Waals surface area (Å²) in [5, 5.41) is 4.18. The van der Waals surface area contributed by atoms with Crippen molar-refractivity contribution in [3.05, 3.63) is 35.5 Å². The number of H-pyrrole nitrogens is 1. The monoisotopic (exact) mass is 329 g/mol. The van der Waals surface area contributed by atoms with Gasteiger partial charge in [0.25, 0.3) is 0 Å². The Balaban J connectivity index is 1.50. The van der Waals surface area contributed by atoms with E-state index in [9.17, 15) is 4.79 Å². The lowest BCUT2D eigenvalue weighted by molar-refractivity contribution is -0.120. The third kappa shape index (κ3) is 3.97. The number of aromatic nitrogens is 1. The first-order valence-electron chi connectivity index (χ1n) is 8.84. The number of nitrogens with zero attached hydrogens (tertiary/aromatic N) is 1. The van der Waals surface area contributed by atoms with Gasteiger partial charge in [-0.3, -0.25) is 9.69 Å². The number of ether oxygens (including phenoxy) is 1. The predicted molar refractivity (Wildman–Crippen MR) is 96.2 cm³/mol. The van der Waals surface area contributed by atoms with E-state index < -0.39 is 0 Å².